The van der Waals surface area contributed by atoms with Crippen molar-refractivity contribution < 1.29 is 19.4 Å². The zero-order valence-electron chi connectivity index (χ0n) is 11.6. The van der Waals surface area contributed by atoms with Gasteiger partial charge in [0.05, 0.1) is 10.6 Å². The van der Waals surface area contributed by atoms with Crippen LogP contribution < -0.4 is 5.32 Å². The fourth-order valence-electron chi connectivity index (χ4n) is 1.79. The molecule has 2 N–H and O–H groups in total. The maximum atomic E-state index is 11.6. The Morgan fingerprint density at radius 1 is 1.09 bits per heavy atom. The van der Waals surface area contributed by atoms with Gasteiger partial charge < -0.3 is 15.2 Å². The third-order valence-corrected chi connectivity index (χ3v) is 3.23. The Kier molecular flexibility index (Phi) is 5.38. The van der Waals surface area contributed by atoms with Crippen molar-refractivity contribution in [3.8, 4) is 0 Å². The Hall–Kier alpha value is -2.53. The number of carboxylic acid groups (broad SMARTS) is 1. The number of amides is 1. The molecule has 2 rings (SSSR count). The highest BCUT2D eigenvalue weighted by Gasteiger charge is 2.09. The topological polar surface area (TPSA) is 75.6 Å². The van der Waals surface area contributed by atoms with E-state index in [9.17, 15) is 9.59 Å². The van der Waals surface area contributed by atoms with Crippen LogP contribution in [-0.4, -0.2) is 17.2 Å². The molecule has 0 fully saturated rings. The number of halogens is 1. The van der Waals surface area contributed by atoms with Gasteiger partial charge in [-0.25, -0.2) is 9.59 Å². The lowest BCUT2D eigenvalue weighted by atomic mass is 10.1. The average Bonchev–Trinajstić information content (AvgIpc) is 2.51. The van der Waals surface area contributed by atoms with Crippen molar-refractivity contribution in [3.63, 3.8) is 0 Å². The van der Waals surface area contributed by atoms with Crippen LogP contribution in [-0.2, 0) is 17.9 Å². The molecule has 0 aliphatic heterocycles. The molecule has 5 nitrogen and oxygen atoms in total. The van der Waals surface area contributed by atoms with Crippen molar-refractivity contribution >= 4 is 23.7 Å². The highest BCUT2D eigenvalue weighted by Crippen LogP contribution is 2.17. The number of carbonyl (C=O) groups excluding carboxylic acids is 1. The van der Waals surface area contributed by atoms with E-state index in [4.69, 9.17) is 21.4 Å². The quantitative estimate of drug-likeness (QED) is 0.885. The summed E-state index contributed by atoms with van der Waals surface area (Å²) in [4.78, 5) is 22.4. The van der Waals surface area contributed by atoms with Gasteiger partial charge >= 0.3 is 12.1 Å². The van der Waals surface area contributed by atoms with E-state index in [0.29, 0.717) is 5.56 Å². The van der Waals surface area contributed by atoms with Gasteiger partial charge in [-0.2, -0.15) is 0 Å². The lowest BCUT2D eigenvalue weighted by Crippen LogP contribution is -2.23. The molecule has 114 valence electrons. The summed E-state index contributed by atoms with van der Waals surface area (Å²) >= 11 is 5.86. The Morgan fingerprint density at radius 3 is 2.45 bits per heavy atom. The monoisotopic (exact) mass is 319 g/mol. The molecule has 6 heteroatoms. The zero-order valence-corrected chi connectivity index (χ0v) is 12.3. The van der Waals surface area contributed by atoms with Gasteiger partial charge in [0.25, 0.3) is 0 Å². The van der Waals surface area contributed by atoms with E-state index in [-0.39, 0.29) is 23.7 Å². The first-order valence-electron chi connectivity index (χ1n) is 6.52. The number of hydrogen-bond acceptors (Lipinski definition) is 3. The Labute approximate surface area is 132 Å². The van der Waals surface area contributed by atoms with Crippen LogP contribution in [0.1, 0.15) is 21.5 Å². The number of carboxylic acids is 1. The largest absolute Gasteiger partial charge is 0.478 e. The molecule has 1 amide bonds. The van der Waals surface area contributed by atoms with E-state index in [1.807, 2.05) is 30.3 Å². The summed E-state index contributed by atoms with van der Waals surface area (Å²) < 4.78 is 5.06. The molecule has 0 heterocycles. The van der Waals surface area contributed by atoms with E-state index in [1.54, 1.807) is 6.07 Å². The van der Waals surface area contributed by atoms with Crippen LogP contribution in [0.2, 0.25) is 5.02 Å². The highest BCUT2D eigenvalue weighted by molar-refractivity contribution is 6.33. The number of ether oxygens (including phenoxy) is 1. The normalized spacial score (nSPS) is 10.0. The van der Waals surface area contributed by atoms with Crippen LogP contribution >= 0.6 is 11.6 Å². The fourth-order valence-corrected chi connectivity index (χ4v) is 2.07. The molecule has 2 aromatic rings. The lowest BCUT2D eigenvalue weighted by molar-refractivity contribution is 0.0697. The minimum atomic E-state index is -1.09. The summed E-state index contributed by atoms with van der Waals surface area (Å²) in [7, 11) is 0. The van der Waals surface area contributed by atoms with E-state index in [0.717, 1.165) is 5.56 Å². The number of hydrogen-bond donors (Lipinski definition) is 2. The van der Waals surface area contributed by atoms with Crippen molar-refractivity contribution in [2.75, 3.05) is 0 Å². The minimum Gasteiger partial charge on any atom is -0.478 e. The first-order valence-corrected chi connectivity index (χ1v) is 6.90. The molecular formula is C16H14ClNO4. The first kappa shape index (κ1) is 15.9. The van der Waals surface area contributed by atoms with Crippen LogP contribution in [0, 0.1) is 0 Å². The Bertz CT molecular complexity index is 673. The van der Waals surface area contributed by atoms with Crippen molar-refractivity contribution in [3.05, 3.63) is 70.2 Å². The molecule has 22 heavy (non-hydrogen) atoms. The number of aromatic carboxylic acids is 1. The predicted molar refractivity (Wildman–Crippen MR) is 81.9 cm³/mol. The van der Waals surface area contributed by atoms with Gasteiger partial charge in [0, 0.05) is 6.54 Å². The van der Waals surface area contributed by atoms with Crippen LogP contribution in [0.15, 0.2) is 48.5 Å². The van der Waals surface area contributed by atoms with Gasteiger partial charge in [-0.3, -0.25) is 0 Å². The van der Waals surface area contributed by atoms with E-state index in [1.165, 1.54) is 12.1 Å². The van der Waals surface area contributed by atoms with E-state index < -0.39 is 12.1 Å². The molecule has 0 radical (unpaired) electrons. The maximum absolute atomic E-state index is 11.6. The fraction of sp³-hybridized carbons (Fsp3) is 0.125. The molecule has 0 aliphatic rings. The van der Waals surface area contributed by atoms with Crippen molar-refractivity contribution in [1.82, 2.24) is 5.32 Å². The molecule has 0 aromatic heterocycles. The second-order valence-corrected chi connectivity index (χ2v) is 4.94. The third-order valence-electron chi connectivity index (χ3n) is 2.91. The summed E-state index contributed by atoms with van der Waals surface area (Å²) in [6, 6.07) is 13.8. The molecule has 0 bridgehead atoms. The van der Waals surface area contributed by atoms with Crippen molar-refractivity contribution in [2.24, 2.45) is 0 Å². The second-order valence-electron chi connectivity index (χ2n) is 4.53. The molecular weight excluding hydrogens is 306 g/mol. The molecule has 0 spiro atoms. The molecule has 2 aromatic carbocycles. The van der Waals surface area contributed by atoms with E-state index in [2.05, 4.69) is 5.32 Å². The van der Waals surface area contributed by atoms with Gasteiger partial charge in [0.15, 0.2) is 0 Å². The van der Waals surface area contributed by atoms with Gasteiger partial charge in [0.2, 0.25) is 0 Å². The van der Waals surface area contributed by atoms with Crippen molar-refractivity contribution in [1.29, 1.82) is 0 Å². The summed E-state index contributed by atoms with van der Waals surface area (Å²) in [5.41, 5.74) is 1.61. The maximum Gasteiger partial charge on any atom is 0.407 e. The number of rotatable bonds is 5. The Morgan fingerprint density at radius 2 is 1.82 bits per heavy atom. The second kappa shape index (κ2) is 7.47. The molecule has 0 aliphatic carbocycles. The van der Waals surface area contributed by atoms with Gasteiger partial charge in [-0.05, 0) is 23.3 Å². The van der Waals surface area contributed by atoms with Crippen LogP contribution in [0.4, 0.5) is 4.79 Å². The smallest absolute Gasteiger partial charge is 0.407 e. The lowest BCUT2D eigenvalue weighted by Gasteiger charge is -2.08. The molecule has 0 atom stereocenters. The molecule has 0 saturated heterocycles. The zero-order chi connectivity index (χ0) is 15.9. The van der Waals surface area contributed by atoms with Gasteiger partial charge in [-0.15, -0.1) is 0 Å². The number of carbonyl (C=O) groups is 2. The standard InChI is InChI=1S/C16H14ClNO4/c17-14-8-12(6-7-13(14)15(19)20)9-18-16(21)22-10-11-4-2-1-3-5-11/h1-8H,9-10H2,(H,18,21)(H,19,20). The summed E-state index contributed by atoms with van der Waals surface area (Å²) in [6.07, 6.45) is -0.553. The predicted octanol–water partition coefficient (Wildman–Crippen LogP) is 3.46. The van der Waals surface area contributed by atoms with E-state index >= 15 is 0 Å². The van der Waals surface area contributed by atoms with Crippen LogP contribution in [0.25, 0.3) is 0 Å². The number of benzene rings is 2. The van der Waals surface area contributed by atoms with Gasteiger partial charge in [0.1, 0.15) is 6.61 Å². The summed E-state index contributed by atoms with van der Waals surface area (Å²) in [5, 5.41) is 11.6. The van der Waals surface area contributed by atoms with Crippen LogP contribution in [0.5, 0.6) is 0 Å². The summed E-state index contributed by atoms with van der Waals surface area (Å²) in [5.74, 6) is -1.09. The van der Waals surface area contributed by atoms with Crippen molar-refractivity contribution in [2.45, 2.75) is 13.2 Å². The molecule has 0 saturated carbocycles. The van der Waals surface area contributed by atoms with Gasteiger partial charge in [-0.1, -0.05) is 48.0 Å². The first-order chi connectivity index (χ1) is 10.6. The van der Waals surface area contributed by atoms with Crippen LogP contribution in [0.3, 0.4) is 0 Å². The third kappa shape index (κ3) is 4.49. The average molecular weight is 320 g/mol. The Balaban J connectivity index is 1.83. The summed E-state index contributed by atoms with van der Waals surface area (Å²) in [6.45, 7) is 0.388. The number of alkyl carbamates (subject to hydrolysis) is 1. The number of nitrogens with one attached hydrogen (secondary N) is 1. The highest BCUT2D eigenvalue weighted by atomic mass is 35.5. The minimum absolute atomic E-state index is 0.0251. The SMILES string of the molecule is O=C(NCc1ccc(C(=O)O)c(Cl)c1)OCc1ccccc1. The molecule has 0 unspecified atom stereocenters.